The summed E-state index contributed by atoms with van der Waals surface area (Å²) >= 11 is 1.44. The second kappa shape index (κ2) is 8.21. The number of rotatable bonds is 5. The van der Waals surface area contributed by atoms with Gasteiger partial charge in [-0.05, 0) is 50.8 Å². The molecule has 2 aromatic rings. The van der Waals surface area contributed by atoms with Crippen LogP contribution in [0, 0.1) is 13.8 Å². The topological polar surface area (TPSA) is 62.3 Å². The van der Waals surface area contributed by atoms with Crippen LogP contribution < -0.4 is 5.32 Å². The fourth-order valence-corrected chi connectivity index (χ4v) is 3.44. The van der Waals surface area contributed by atoms with E-state index in [1.807, 2.05) is 52.0 Å². The van der Waals surface area contributed by atoms with E-state index in [9.17, 15) is 9.59 Å². The van der Waals surface area contributed by atoms with Gasteiger partial charge in [0.05, 0.1) is 5.69 Å². The number of aryl methyl sites for hydroxylation is 2. The molecule has 0 saturated heterocycles. The highest BCUT2D eigenvalue weighted by atomic mass is 32.1. The van der Waals surface area contributed by atoms with E-state index in [2.05, 4.69) is 31.1 Å². The third kappa shape index (κ3) is 5.39. The Balaban J connectivity index is 2.11. The summed E-state index contributed by atoms with van der Waals surface area (Å²) in [5.74, 6) is -0.385. The molecule has 0 unspecified atom stereocenters. The Morgan fingerprint density at radius 1 is 1.15 bits per heavy atom. The molecule has 0 fully saturated rings. The molecule has 146 valence electrons. The van der Waals surface area contributed by atoms with Crippen LogP contribution in [0.4, 0.5) is 5.13 Å². The van der Waals surface area contributed by atoms with Gasteiger partial charge in [-0.3, -0.25) is 9.59 Å². The fourth-order valence-electron chi connectivity index (χ4n) is 2.61. The Hall–Kier alpha value is -2.21. The van der Waals surface area contributed by atoms with Gasteiger partial charge < -0.3 is 10.2 Å². The number of nitrogens with zero attached hydrogens (tertiary/aromatic N) is 2. The lowest BCUT2D eigenvalue weighted by Gasteiger charge is -2.26. The number of hydrogen-bond acceptors (Lipinski definition) is 4. The molecule has 0 aliphatic carbocycles. The lowest BCUT2D eigenvalue weighted by molar-refractivity contribution is -0.117. The van der Waals surface area contributed by atoms with Crippen LogP contribution in [0.2, 0.25) is 0 Å². The molecule has 0 atom stereocenters. The molecule has 0 radical (unpaired) electrons. The van der Waals surface area contributed by atoms with Crippen LogP contribution in [0.15, 0.2) is 24.3 Å². The summed E-state index contributed by atoms with van der Waals surface area (Å²) in [6, 6.07) is 7.54. The molecule has 6 heteroatoms. The van der Waals surface area contributed by atoms with Gasteiger partial charge in [0, 0.05) is 16.5 Å². The van der Waals surface area contributed by atoms with Crippen LogP contribution in [0.5, 0.6) is 0 Å². The van der Waals surface area contributed by atoms with E-state index in [0.717, 1.165) is 10.6 Å². The Morgan fingerprint density at radius 2 is 1.74 bits per heavy atom. The SMILES string of the molecule is Cc1nc(NC(=O)CN(C(=O)c2ccc(C(C)(C)C)cc2)C(C)C)sc1C. The molecule has 1 N–H and O–H groups in total. The quantitative estimate of drug-likeness (QED) is 0.819. The first-order chi connectivity index (χ1) is 12.5. The lowest BCUT2D eigenvalue weighted by Crippen LogP contribution is -2.42. The predicted molar refractivity (Wildman–Crippen MR) is 112 cm³/mol. The van der Waals surface area contributed by atoms with Crippen molar-refractivity contribution in [2.24, 2.45) is 0 Å². The Labute approximate surface area is 165 Å². The molecule has 1 heterocycles. The number of benzene rings is 1. The summed E-state index contributed by atoms with van der Waals surface area (Å²) in [5, 5.41) is 3.37. The number of carbonyl (C=O) groups excluding carboxylic acids is 2. The van der Waals surface area contributed by atoms with Crippen molar-refractivity contribution >= 4 is 28.3 Å². The van der Waals surface area contributed by atoms with Crippen molar-refractivity contribution in [2.45, 2.75) is 59.9 Å². The molecule has 2 rings (SSSR count). The predicted octanol–water partition coefficient (Wildman–Crippen LogP) is 4.55. The molecule has 1 aromatic carbocycles. The Kier molecular flexibility index (Phi) is 6.42. The van der Waals surface area contributed by atoms with Crippen molar-refractivity contribution in [2.75, 3.05) is 11.9 Å². The average molecular weight is 388 g/mol. The molecule has 27 heavy (non-hydrogen) atoms. The normalized spacial score (nSPS) is 11.6. The van der Waals surface area contributed by atoms with Crippen LogP contribution in [0.3, 0.4) is 0 Å². The van der Waals surface area contributed by atoms with Crippen LogP contribution in [-0.2, 0) is 10.2 Å². The Morgan fingerprint density at radius 3 is 2.19 bits per heavy atom. The highest BCUT2D eigenvalue weighted by Gasteiger charge is 2.23. The molecule has 0 aliphatic heterocycles. The maximum atomic E-state index is 12.9. The van der Waals surface area contributed by atoms with E-state index in [1.54, 1.807) is 4.90 Å². The van der Waals surface area contributed by atoms with Crippen molar-refractivity contribution in [1.82, 2.24) is 9.88 Å². The first kappa shape index (κ1) is 21.1. The number of anilines is 1. The van der Waals surface area contributed by atoms with Crippen molar-refractivity contribution in [3.8, 4) is 0 Å². The number of carbonyl (C=O) groups is 2. The van der Waals surface area contributed by atoms with Crippen molar-refractivity contribution in [3.63, 3.8) is 0 Å². The second-order valence-electron chi connectivity index (χ2n) is 8.06. The number of thiazole rings is 1. The van der Waals surface area contributed by atoms with E-state index in [-0.39, 0.29) is 29.8 Å². The summed E-state index contributed by atoms with van der Waals surface area (Å²) in [7, 11) is 0. The van der Waals surface area contributed by atoms with Gasteiger partial charge in [0.1, 0.15) is 6.54 Å². The molecular weight excluding hydrogens is 358 g/mol. The zero-order chi connectivity index (χ0) is 20.4. The standard InChI is InChI=1S/C21H29N3O2S/c1-13(2)24(12-18(25)23-20-22-14(3)15(4)27-20)19(26)16-8-10-17(11-9-16)21(5,6)7/h8-11,13H,12H2,1-7H3,(H,22,23,25). The molecule has 0 aliphatic rings. The lowest BCUT2D eigenvalue weighted by atomic mass is 9.86. The average Bonchev–Trinajstić information content (AvgIpc) is 2.88. The Bertz CT molecular complexity index is 797. The third-order valence-corrected chi connectivity index (χ3v) is 5.46. The minimum absolute atomic E-state index is 0.00476. The number of aromatic nitrogens is 1. The van der Waals surface area contributed by atoms with Gasteiger partial charge in [-0.1, -0.05) is 32.9 Å². The van der Waals surface area contributed by atoms with Crippen LogP contribution >= 0.6 is 11.3 Å². The molecule has 5 nitrogen and oxygen atoms in total. The van der Waals surface area contributed by atoms with E-state index >= 15 is 0 Å². The smallest absolute Gasteiger partial charge is 0.254 e. The molecule has 0 saturated carbocycles. The van der Waals surface area contributed by atoms with Gasteiger partial charge in [0.25, 0.3) is 5.91 Å². The number of amides is 2. The largest absolute Gasteiger partial charge is 0.327 e. The summed E-state index contributed by atoms with van der Waals surface area (Å²) in [5.41, 5.74) is 2.70. The highest BCUT2D eigenvalue weighted by molar-refractivity contribution is 7.15. The van der Waals surface area contributed by atoms with Crippen molar-refractivity contribution < 1.29 is 9.59 Å². The van der Waals surface area contributed by atoms with Crippen molar-refractivity contribution in [3.05, 3.63) is 46.0 Å². The van der Waals surface area contributed by atoms with Crippen LogP contribution in [0.1, 0.15) is 61.1 Å². The minimum atomic E-state index is -0.239. The first-order valence-corrected chi connectivity index (χ1v) is 9.96. The van der Waals surface area contributed by atoms with E-state index in [1.165, 1.54) is 16.9 Å². The molecule has 2 amide bonds. The number of nitrogens with one attached hydrogen (secondary N) is 1. The zero-order valence-electron chi connectivity index (χ0n) is 17.2. The van der Waals surface area contributed by atoms with Gasteiger partial charge in [-0.25, -0.2) is 4.98 Å². The fraction of sp³-hybridized carbons (Fsp3) is 0.476. The molecule has 1 aromatic heterocycles. The summed E-state index contributed by atoms with van der Waals surface area (Å²) in [6.07, 6.45) is 0. The van der Waals surface area contributed by atoms with Gasteiger partial charge in [0.15, 0.2) is 5.13 Å². The maximum absolute atomic E-state index is 12.9. The summed E-state index contributed by atoms with van der Waals surface area (Å²) < 4.78 is 0. The maximum Gasteiger partial charge on any atom is 0.254 e. The minimum Gasteiger partial charge on any atom is -0.327 e. The molecular formula is C21H29N3O2S. The van der Waals surface area contributed by atoms with Crippen molar-refractivity contribution in [1.29, 1.82) is 0 Å². The second-order valence-corrected chi connectivity index (χ2v) is 9.27. The van der Waals surface area contributed by atoms with Crippen LogP contribution in [0.25, 0.3) is 0 Å². The van der Waals surface area contributed by atoms with Gasteiger partial charge in [-0.2, -0.15) is 0 Å². The van der Waals surface area contributed by atoms with E-state index in [4.69, 9.17) is 0 Å². The number of hydrogen-bond donors (Lipinski definition) is 1. The third-order valence-electron chi connectivity index (χ3n) is 4.47. The summed E-state index contributed by atoms with van der Waals surface area (Å²) in [4.78, 5) is 32.3. The van der Waals surface area contributed by atoms with Gasteiger partial charge in [0.2, 0.25) is 5.91 Å². The zero-order valence-corrected chi connectivity index (χ0v) is 18.0. The molecule has 0 bridgehead atoms. The van der Waals surface area contributed by atoms with E-state index in [0.29, 0.717) is 10.7 Å². The van der Waals surface area contributed by atoms with Gasteiger partial charge in [-0.15, -0.1) is 11.3 Å². The van der Waals surface area contributed by atoms with Crippen LogP contribution in [-0.4, -0.2) is 34.3 Å². The van der Waals surface area contributed by atoms with E-state index < -0.39 is 0 Å². The molecule has 0 spiro atoms. The summed E-state index contributed by atoms with van der Waals surface area (Å²) in [6.45, 7) is 14.1. The van der Waals surface area contributed by atoms with Gasteiger partial charge >= 0.3 is 0 Å². The first-order valence-electron chi connectivity index (χ1n) is 9.14. The monoisotopic (exact) mass is 387 g/mol. The highest BCUT2D eigenvalue weighted by Crippen LogP contribution is 2.23.